The molecule has 0 radical (unpaired) electrons. The number of ether oxygens (including phenoxy) is 2. The van der Waals surface area contributed by atoms with Crippen LogP contribution < -0.4 is 14.8 Å². The maximum atomic E-state index is 5.82. The second kappa shape index (κ2) is 4.19. The minimum atomic E-state index is 0.209. The lowest BCUT2D eigenvalue weighted by molar-refractivity contribution is 0.286. The fraction of sp³-hybridized carbons (Fsp3) is 0.250. The zero-order valence-corrected chi connectivity index (χ0v) is 10.6. The molecule has 3 heteroatoms. The first-order valence-corrected chi connectivity index (χ1v) is 6.64. The second-order valence-electron chi connectivity index (χ2n) is 4.97. The Morgan fingerprint density at radius 3 is 2.95 bits per heavy atom. The molecule has 96 valence electrons. The zero-order valence-electron chi connectivity index (χ0n) is 10.6. The van der Waals surface area contributed by atoms with E-state index in [2.05, 4.69) is 29.6 Å². The van der Waals surface area contributed by atoms with Gasteiger partial charge in [0.2, 0.25) is 0 Å². The first-order valence-electron chi connectivity index (χ1n) is 6.64. The lowest BCUT2D eigenvalue weighted by atomic mass is 10.0. The normalized spacial score (nSPS) is 19.7. The van der Waals surface area contributed by atoms with Crippen molar-refractivity contribution in [3.63, 3.8) is 0 Å². The van der Waals surface area contributed by atoms with E-state index >= 15 is 0 Å². The highest BCUT2D eigenvalue weighted by molar-refractivity contribution is 5.59. The van der Waals surface area contributed by atoms with Crippen LogP contribution in [0.1, 0.15) is 17.2 Å². The van der Waals surface area contributed by atoms with Gasteiger partial charge in [0, 0.05) is 6.42 Å². The Kier molecular flexibility index (Phi) is 2.37. The molecule has 0 saturated carbocycles. The predicted molar refractivity (Wildman–Crippen MR) is 73.9 cm³/mol. The third-order valence-corrected chi connectivity index (χ3v) is 3.74. The number of benzene rings is 2. The van der Waals surface area contributed by atoms with E-state index in [1.54, 1.807) is 0 Å². The van der Waals surface area contributed by atoms with Crippen molar-refractivity contribution in [2.45, 2.75) is 12.5 Å². The first-order chi connectivity index (χ1) is 9.40. The summed E-state index contributed by atoms with van der Waals surface area (Å²) in [7, 11) is 0. The van der Waals surface area contributed by atoms with Crippen molar-refractivity contribution in [3.8, 4) is 11.5 Å². The topological polar surface area (TPSA) is 30.5 Å². The van der Waals surface area contributed by atoms with E-state index in [1.165, 1.54) is 11.1 Å². The quantitative estimate of drug-likeness (QED) is 0.846. The lowest BCUT2D eigenvalue weighted by Crippen LogP contribution is -2.23. The fourth-order valence-corrected chi connectivity index (χ4v) is 2.72. The summed E-state index contributed by atoms with van der Waals surface area (Å²) in [6.07, 6.45) is 1.01. The molecule has 2 aliphatic rings. The Hall–Kier alpha value is -2.16. The van der Waals surface area contributed by atoms with Crippen molar-refractivity contribution in [1.29, 1.82) is 0 Å². The van der Waals surface area contributed by atoms with Gasteiger partial charge in [0.05, 0.1) is 18.3 Å². The van der Waals surface area contributed by atoms with Crippen LogP contribution in [-0.2, 0) is 6.42 Å². The number of hydrogen-bond acceptors (Lipinski definition) is 3. The number of hydrogen-bond donors (Lipinski definition) is 1. The van der Waals surface area contributed by atoms with Crippen LogP contribution in [0.15, 0.2) is 42.5 Å². The van der Waals surface area contributed by atoms with Gasteiger partial charge < -0.3 is 14.8 Å². The van der Waals surface area contributed by atoms with E-state index in [9.17, 15) is 0 Å². The molecule has 1 N–H and O–H groups in total. The highest BCUT2D eigenvalue weighted by atomic mass is 16.5. The van der Waals surface area contributed by atoms with Gasteiger partial charge >= 0.3 is 0 Å². The average Bonchev–Trinajstić information content (AvgIpc) is 2.94. The van der Waals surface area contributed by atoms with Gasteiger partial charge in [0.25, 0.3) is 0 Å². The van der Waals surface area contributed by atoms with Crippen LogP contribution in [0.3, 0.4) is 0 Å². The highest BCUT2D eigenvalue weighted by Gasteiger charge is 2.22. The highest BCUT2D eigenvalue weighted by Crippen LogP contribution is 2.35. The van der Waals surface area contributed by atoms with Gasteiger partial charge in [-0.1, -0.05) is 18.2 Å². The molecule has 3 nitrogen and oxygen atoms in total. The number of nitrogens with one attached hydrogen (secondary N) is 1. The van der Waals surface area contributed by atoms with E-state index in [-0.39, 0.29) is 6.04 Å². The molecular weight excluding hydrogens is 238 g/mol. The number of rotatable bonds is 1. The number of fused-ring (bicyclic) bond motifs is 2. The summed E-state index contributed by atoms with van der Waals surface area (Å²) in [5.41, 5.74) is 3.63. The summed E-state index contributed by atoms with van der Waals surface area (Å²) < 4.78 is 11.4. The van der Waals surface area contributed by atoms with E-state index < -0.39 is 0 Å². The van der Waals surface area contributed by atoms with E-state index in [4.69, 9.17) is 9.47 Å². The van der Waals surface area contributed by atoms with Crippen LogP contribution in [0.4, 0.5) is 5.69 Å². The number of anilines is 1. The molecule has 4 rings (SSSR count). The Morgan fingerprint density at radius 1 is 1.00 bits per heavy atom. The average molecular weight is 253 g/mol. The van der Waals surface area contributed by atoms with E-state index in [1.807, 2.05) is 18.2 Å². The molecule has 0 saturated heterocycles. The van der Waals surface area contributed by atoms with Crippen LogP contribution in [0.25, 0.3) is 0 Å². The molecular formula is C16H15NO2. The third kappa shape index (κ3) is 1.82. The Morgan fingerprint density at radius 2 is 1.95 bits per heavy atom. The van der Waals surface area contributed by atoms with Gasteiger partial charge in [-0.3, -0.25) is 0 Å². The molecule has 2 aromatic carbocycles. The summed E-state index contributed by atoms with van der Waals surface area (Å²) in [6, 6.07) is 14.7. The van der Waals surface area contributed by atoms with Gasteiger partial charge in [-0.2, -0.15) is 0 Å². The first kappa shape index (κ1) is 10.7. The van der Waals surface area contributed by atoms with Crippen LogP contribution in [0.2, 0.25) is 0 Å². The van der Waals surface area contributed by atoms with Gasteiger partial charge in [0.15, 0.2) is 0 Å². The molecule has 19 heavy (non-hydrogen) atoms. The summed E-state index contributed by atoms with van der Waals surface area (Å²) in [6.45, 7) is 1.47. The molecule has 0 bridgehead atoms. The third-order valence-electron chi connectivity index (χ3n) is 3.74. The van der Waals surface area contributed by atoms with E-state index in [0.717, 1.165) is 30.2 Å². The SMILES string of the molecule is c1ccc2c(c1)NC(c1ccc3c(c1)CCO3)CO2. The molecule has 0 spiro atoms. The van der Waals surface area contributed by atoms with Crippen molar-refractivity contribution in [2.75, 3.05) is 18.5 Å². The molecule has 2 aliphatic heterocycles. The maximum absolute atomic E-state index is 5.82. The molecule has 0 fully saturated rings. The molecule has 2 heterocycles. The van der Waals surface area contributed by atoms with Crippen molar-refractivity contribution in [3.05, 3.63) is 53.6 Å². The molecule has 1 atom stereocenters. The summed E-state index contributed by atoms with van der Waals surface area (Å²) in [5.74, 6) is 1.96. The largest absolute Gasteiger partial charge is 0.493 e. The maximum Gasteiger partial charge on any atom is 0.142 e. The summed E-state index contributed by atoms with van der Waals surface area (Å²) in [5, 5.41) is 3.54. The molecule has 1 unspecified atom stereocenters. The summed E-state index contributed by atoms with van der Waals surface area (Å²) in [4.78, 5) is 0. The minimum Gasteiger partial charge on any atom is -0.493 e. The van der Waals surface area contributed by atoms with E-state index in [0.29, 0.717) is 6.61 Å². The predicted octanol–water partition coefficient (Wildman–Crippen LogP) is 3.17. The molecule has 0 amide bonds. The smallest absolute Gasteiger partial charge is 0.142 e. The Balaban J connectivity index is 1.64. The Bertz CT molecular complexity index is 624. The molecule has 0 aromatic heterocycles. The van der Waals surface area contributed by atoms with Gasteiger partial charge in [-0.15, -0.1) is 0 Å². The standard InChI is InChI=1S/C16H15NO2/c1-2-4-16-13(3-1)17-14(10-19-16)11-5-6-15-12(9-11)7-8-18-15/h1-6,9,14,17H,7-8,10H2. The fourth-order valence-electron chi connectivity index (χ4n) is 2.72. The minimum absolute atomic E-state index is 0.209. The lowest BCUT2D eigenvalue weighted by Gasteiger charge is -2.28. The van der Waals surface area contributed by atoms with Crippen LogP contribution >= 0.6 is 0 Å². The van der Waals surface area contributed by atoms with Gasteiger partial charge in [-0.25, -0.2) is 0 Å². The van der Waals surface area contributed by atoms with Crippen LogP contribution in [0.5, 0.6) is 11.5 Å². The Labute approximate surface area is 112 Å². The van der Waals surface area contributed by atoms with Crippen molar-refractivity contribution in [2.24, 2.45) is 0 Å². The van der Waals surface area contributed by atoms with Crippen LogP contribution in [0, 0.1) is 0 Å². The van der Waals surface area contributed by atoms with Gasteiger partial charge in [-0.05, 0) is 35.4 Å². The second-order valence-corrected chi connectivity index (χ2v) is 4.97. The molecule has 2 aromatic rings. The van der Waals surface area contributed by atoms with Crippen molar-refractivity contribution in [1.82, 2.24) is 0 Å². The van der Waals surface area contributed by atoms with Crippen LogP contribution in [-0.4, -0.2) is 13.2 Å². The monoisotopic (exact) mass is 253 g/mol. The van der Waals surface area contributed by atoms with Crippen molar-refractivity contribution >= 4 is 5.69 Å². The van der Waals surface area contributed by atoms with Crippen molar-refractivity contribution < 1.29 is 9.47 Å². The number of para-hydroxylation sites is 2. The molecule has 0 aliphatic carbocycles. The summed E-state index contributed by atoms with van der Waals surface area (Å²) >= 11 is 0. The zero-order chi connectivity index (χ0) is 12.7. The van der Waals surface area contributed by atoms with Gasteiger partial charge in [0.1, 0.15) is 18.1 Å².